The van der Waals surface area contributed by atoms with Gasteiger partial charge >= 0.3 is 0 Å². The molecule has 1 aromatic rings. The minimum Gasteiger partial charge on any atom is -0.397 e. The molecule has 3 N–H and O–H groups in total. The highest BCUT2D eigenvalue weighted by Crippen LogP contribution is 2.26. The molecule has 0 radical (unpaired) electrons. The van der Waals surface area contributed by atoms with Crippen LogP contribution in [0.2, 0.25) is 0 Å². The first-order chi connectivity index (χ1) is 8.60. The van der Waals surface area contributed by atoms with Gasteiger partial charge in [0.15, 0.2) is 0 Å². The average Bonchev–Trinajstić information content (AvgIpc) is 2.69. The maximum absolute atomic E-state index is 12.1. The lowest BCUT2D eigenvalue weighted by Gasteiger charge is -2.28. The number of nitrogens with two attached hydrogens (primary N) is 1. The van der Waals surface area contributed by atoms with E-state index in [2.05, 4.69) is 12.2 Å². The quantitative estimate of drug-likeness (QED) is 0.863. The summed E-state index contributed by atoms with van der Waals surface area (Å²) in [5, 5.41) is 3.12. The SMILES string of the molecule is CCC1CCC(NC(=O)c2cc(N)cn2C)CC1. The molecule has 0 spiro atoms. The van der Waals surface area contributed by atoms with E-state index in [1.165, 1.54) is 19.3 Å². The molecule has 2 rings (SSSR count). The molecular weight excluding hydrogens is 226 g/mol. The predicted octanol–water partition coefficient (Wildman–Crippen LogP) is 2.31. The van der Waals surface area contributed by atoms with Crippen molar-refractivity contribution < 1.29 is 4.79 Å². The molecule has 1 aromatic heterocycles. The van der Waals surface area contributed by atoms with Gasteiger partial charge in [0.2, 0.25) is 0 Å². The Labute approximate surface area is 109 Å². The first kappa shape index (κ1) is 13.0. The standard InChI is InChI=1S/C14H23N3O/c1-3-10-4-6-12(7-5-10)16-14(18)13-8-11(15)9-17(13)2/h8-10,12H,3-7,15H2,1-2H3,(H,16,18). The molecule has 1 aliphatic rings. The van der Waals surface area contributed by atoms with Gasteiger partial charge in [0.1, 0.15) is 5.69 Å². The molecule has 1 saturated carbocycles. The molecular formula is C14H23N3O. The molecule has 1 amide bonds. The fraction of sp³-hybridized carbons (Fsp3) is 0.643. The van der Waals surface area contributed by atoms with Crippen molar-refractivity contribution in [2.24, 2.45) is 13.0 Å². The normalized spacial score (nSPS) is 23.9. The number of carbonyl (C=O) groups excluding carboxylic acids is 1. The number of hydrogen-bond donors (Lipinski definition) is 2. The van der Waals surface area contributed by atoms with Crippen molar-refractivity contribution in [2.45, 2.75) is 45.1 Å². The Hall–Kier alpha value is -1.45. The molecule has 1 aliphatic carbocycles. The summed E-state index contributed by atoms with van der Waals surface area (Å²) in [7, 11) is 1.85. The van der Waals surface area contributed by atoms with Gasteiger partial charge in [-0.15, -0.1) is 0 Å². The highest BCUT2D eigenvalue weighted by molar-refractivity contribution is 5.93. The lowest BCUT2D eigenvalue weighted by molar-refractivity contribution is 0.0913. The smallest absolute Gasteiger partial charge is 0.268 e. The monoisotopic (exact) mass is 249 g/mol. The molecule has 1 heterocycles. The molecule has 100 valence electrons. The van der Waals surface area contributed by atoms with Gasteiger partial charge in [0, 0.05) is 19.3 Å². The van der Waals surface area contributed by atoms with Crippen LogP contribution in [0.4, 0.5) is 5.69 Å². The van der Waals surface area contributed by atoms with E-state index in [1.54, 1.807) is 16.8 Å². The first-order valence-corrected chi connectivity index (χ1v) is 6.82. The highest BCUT2D eigenvalue weighted by atomic mass is 16.2. The second kappa shape index (κ2) is 5.46. The van der Waals surface area contributed by atoms with Crippen LogP contribution in [0.1, 0.15) is 49.5 Å². The number of nitrogens with zero attached hydrogens (tertiary/aromatic N) is 1. The maximum atomic E-state index is 12.1. The summed E-state index contributed by atoms with van der Waals surface area (Å²) in [5.41, 5.74) is 6.97. The molecule has 0 unspecified atom stereocenters. The molecule has 4 nitrogen and oxygen atoms in total. The number of rotatable bonds is 3. The van der Waals surface area contributed by atoms with E-state index in [0.717, 1.165) is 18.8 Å². The molecule has 0 saturated heterocycles. The van der Waals surface area contributed by atoms with Crippen molar-refractivity contribution in [2.75, 3.05) is 5.73 Å². The fourth-order valence-electron chi connectivity index (χ4n) is 2.79. The van der Waals surface area contributed by atoms with Crippen LogP contribution < -0.4 is 11.1 Å². The predicted molar refractivity (Wildman–Crippen MR) is 73.3 cm³/mol. The Morgan fingerprint density at radius 2 is 2.11 bits per heavy atom. The van der Waals surface area contributed by atoms with Gasteiger partial charge in [-0.3, -0.25) is 4.79 Å². The van der Waals surface area contributed by atoms with Crippen LogP contribution in [0.25, 0.3) is 0 Å². The zero-order chi connectivity index (χ0) is 13.1. The van der Waals surface area contributed by atoms with Crippen LogP contribution >= 0.6 is 0 Å². The van der Waals surface area contributed by atoms with Crippen molar-refractivity contribution >= 4 is 11.6 Å². The Kier molecular flexibility index (Phi) is 3.94. The second-order valence-corrected chi connectivity index (χ2v) is 5.37. The van der Waals surface area contributed by atoms with Crippen molar-refractivity contribution in [1.82, 2.24) is 9.88 Å². The topological polar surface area (TPSA) is 60.1 Å². The Balaban J connectivity index is 1.90. The number of aryl methyl sites for hydroxylation is 1. The van der Waals surface area contributed by atoms with Gasteiger partial charge in [-0.1, -0.05) is 13.3 Å². The van der Waals surface area contributed by atoms with E-state index in [4.69, 9.17) is 5.73 Å². The van der Waals surface area contributed by atoms with E-state index in [-0.39, 0.29) is 5.91 Å². The lowest BCUT2D eigenvalue weighted by Crippen LogP contribution is -2.38. The molecule has 0 atom stereocenters. The third-order valence-electron chi connectivity index (χ3n) is 4.02. The minimum absolute atomic E-state index is 0.00542. The summed E-state index contributed by atoms with van der Waals surface area (Å²) in [5.74, 6) is 0.845. The van der Waals surface area contributed by atoms with Crippen molar-refractivity contribution in [3.63, 3.8) is 0 Å². The van der Waals surface area contributed by atoms with Crippen molar-refractivity contribution in [1.29, 1.82) is 0 Å². The number of amides is 1. The number of nitrogen functional groups attached to an aromatic ring is 1. The first-order valence-electron chi connectivity index (χ1n) is 6.82. The molecule has 1 fully saturated rings. The van der Waals surface area contributed by atoms with Crippen LogP contribution in [0.15, 0.2) is 12.3 Å². The number of nitrogens with one attached hydrogen (secondary N) is 1. The van der Waals surface area contributed by atoms with E-state index in [1.807, 2.05) is 7.05 Å². The van der Waals surface area contributed by atoms with E-state index in [0.29, 0.717) is 17.4 Å². The summed E-state index contributed by atoms with van der Waals surface area (Å²) in [6.45, 7) is 2.25. The van der Waals surface area contributed by atoms with Gasteiger partial charge in [-0.25, -0.2) is 0 Å². The zero-order valence-corrected chi connectivity index (χ0v) is 11.3. The third kappa shape index (κ3) is 2.86. The van der Waals surface area contributed by atoms with Gasteiger partial charge < -0.3 is 15.6 Å². The molecule has 0 aromatic carbocycles. The summed E-state index contributed by atoms with van der Waals surface area (Å²) in [6.07, 6.45) is 7.69. The lowest BCUT2D eigenvalue weighted by atomic mass is 9.84. The van der Waals surface area contributed by atoms with Crippen LogP contribution in [0.5, 0.6) is 0 Å². The largest absolute Gasteiger partial charge is 0.397 e. The van der Waals surface area contributed by atoms with Crippen LogP contribution in [-0.4, -0.2) is 16.5 Å². The zero-order valence-electron chi connectivity index (χ0n) is 11.3. The van der Waals surface area contributed by atoms with Gasteiger partial charge in [-0.2, -0.15) is 0 Å². The Morgan fingerprint density at radius 1 is 1.44 bits per heavy atom. The van der Waals surface area contributed by atoms with Crippen LogP contribution in [0.3, 0.4) is 0 Å². The van der Waals surface area contributed by atoms with Gasteiger partial charge in [0.25, 0.3) is 5.91 Å². The number of anilines is 1. The van der Waals surface area contributed by atoms with Crippen molar-refractivity contribution in [3.8, 4) is 0 Å². The highest BCUT2D eigenvalue weighted by Gasteiger charge is 2.22. The summed E-state index contributed by atoms with van der Waals surface area (Å²) >= 11 is 0. The third-order valence-corrected chi connectivity index (χ3v) is 4.02. The average molecular weight is 249 g/mol. The fourth-order valence-corrected chi connectivity index (χ4v) is 2.79. The van der Waals surface area contributed by atoms with Gasteiger partial charge in [-0.05, 0) is 37.7 Å². The summed E-state index contributed by atoms with van der Waals surface area (Å²) < 4.78 is 1.78. The van der Waals surface area contributed by atoms with Crippen LogP contribution in [0, 0.1) is 5.92 Å². The Bertz CT molecular complexity index is 417. The Morgan fingerprint density at radius 3 is 2.61 bits per heavy atom. The molecule has 18 heavy (non-hydrogen) atoms. The van der Waals surface area contributed by atoms with E-state index < -0.39 is 0 Å². The van der Waals surface area contributed by atoms with Crippen molar-refractivity contribution in [3.05, 3.63) is 18.0 Å². The molecule has 0 bridgehead atoms. The minimum atomic E-state index is -0.00542. The second-order valence-electron chi connectivity index (χ2n) is 5.37. The van der Waals surface area contributed by atoms with E-state index >= 15 is 0 Å². The maximum Gasteiger partial charge on any atom is 0.268 e. The summed E-state index contributed by atoms with van der Waals surface area (Å²) in [4.78, 5) is 12.1. The number of aromatic nitrogens is 1. The number of carbonyl (C=O) groups is 1. The molecule has 4 heteroatoms. The number of hydrogen-bond acceptors (Lipinski definition) is 2. The van der Waals surface area contributed by atoms with E-state index in [9.17, 15) is 4.79 Å². The van der Waals surface area contributed by atoms with Crippen LogP contribution in [-0.2, 0) is 7.05 Å². The van der Waals surface area contributed by atoms with Gasteiger partial charge in [0.05, 0.1) is 5.69 Å². The summed E-state index contributed by atoms with van der Waals surface area (Å²) in [6, 6.07) is 2.06. The molecule has 0 aliphatic heterocycles.